The van der Waals surface area contributed by atoms with Gasteiger partial charge in [-0.05, 0) is 53.4 Å². The number of pyridine rings is 1. The minimum absolute atomic E-state index is 0.181. The molecule has 4 heterocycles. The Balaban J connectivity index is 1.59. The molecule has 0 fully saturated rings. The van der Waals surface area contributed by atoms with Gasteiger partial charge in [-0.2, -0.15) is 4.39 Å². The molecule has 0 aliphatic carbocycles. The molecule has 8 heteroatoms. The van der Waals surface area contributed by atoms with Gasteiger partial charge < -0.3 is 15.2 Å². The van der Waals surface area contributed by atoms with Crippen LogP contribution in [0.2, 0.25) is 0 Å². The zero-order valence-electron chi connectivity index (χ0n) is 17.2. The quantitative estimate of drug-likeness (QED) is 0.646. The van der Waals surface area contributed by atoms with Crippen molar-refractivity contribution < 1.29 is 13.9 Å². The van der Waals surface area contributed by atoms with E-state index >= 15 is 0 Å². The van der Waals surface area contributed by atoms with E-state index < -0.39 is 11.5 Å². The van der Waals surface area contributed by atoms with E-state index in [1.165, 1.54) is 6.20 Å². The molecule has 0 bridgehead atoms. The highest BCUT2D eigenvalue weighted by atomic mass is 19.1. The van der Waals surface area contributed by atoms with E-state index in [0.29, 0.717) is 35.1 Å². The van der Waals surface area contributed by atoms with Gasteiger partial charge in [-0.15, -0.1) is 0 Å². The average molecular weight is 429 g/mol. The van der Waals surface area contributed by atoms with Crippen molar-refractivity contribution >= 4 is 11.8 Å². The van der Waals surface area contributed by atoms with Crippen molar-refractivity contribution in [2.75, 3.05) is 19.9 Å². The monoisotopic (exact) mass is 429 g/mol. The van der Waals surface area contributed by atoms with Crippen LogP contribution < -0.4 is 15.2 Å². The molecule has 2 aromatic carbocycles. The molecule has 3 aromatic rings. The molecule has 0 saturated heterocycles. The molecule has 6 rings (SSSR count). The molecule has 160 valence electrons. The van der Waals surface area contributed by atoms with Crippen LogP contribution in [0.1, 0.15) is 17.5 Å². The summed E-state index contributed by atoms with van der Waals surface area (Å²) in [6.07, 6.45) is 2.34. The fourth-order valence-electron chi connectivity index (χ4n) is 4.61. The van der Waals surface area contributed by atoms with Gasteiger partial charge in [-0.1, -0.05) is 24.3 Å². The average Bonchev–Trinajstić information content (AvgIpc) is 3.42. The van der Waals surface area contributed by atoms with Crippen LogP contribution in [0.5, 0.6) is 11.5 Å². The van der Waals surface area contributed by atoms with E-state index in [9.17, 15) is 4.39 Å². The fourth-order valence-corrected chi connectivity index (χ4v) is 4.61. The lowest BCUT2D eigenvalue weighted by Crippen LogP contribution is -2.46. The first-order valence-electron chi connectivity index (χ1n) is 10.5. The maximum absolute atomic E-state index is 14.5. The minimum atomic E-state index is -0.972. The Morgan fingerprint density at radius 3 is 2.78 bits per heavy atom. The molecular formula is C24H20FN5O2. The van der Waals surface area contributed by atoms with E-state index in [-0.39, 0.29) is 6.79 Å². The minimum Gasteiger partial charge on any atom is -0.454 e. The van der Waals surface area contributed by atoms with Crippen molar-refractivity contribution in [3.63, 3.8) is 0 Å². The van der Waals surface area contributed by atoms with Gasteiger partial charge in [0.2, 0.25) is 12.7 Å². The Morgan fingerprint density at radius 1 is 1.00 bits per heavy atom. The van der Waals surface area contributed by atoms with E-state index in [4.69, 9.17) is 25.2 Å². The first-order chi connectivity index (χ1) is 15.7. The first-order valence-corrected chi connectivity index (χ1v) is 10.5. The molecule has 0 radical (unpaired) electrons. The van der Waals surface area contributed by atoms with E-state index in [1.807, 2.05) is 47.4 Å². The van der Waals surface area contributed by atoms with Gasteiger partial charge in [0, 0.05) is 24.8 Å². The van der Waals surface area contributed by atoms with Crippen molar-refractivity contribution in [2.24, 2.45) is 15.7 Å². The Bertz CT molecular complexity index is 1290. The van der Waals surface area contributed by atoms with Gasteiger partial charge in [0.05, 0.1) is 0 Å². The van der Waals surface area contributed by atoms with Crippen molar-refractivity contribution in [2.45, 2.75) is 12.0 Å². The number of benzene rings is 2. The number of nitrogens with zero attached hydrogens (tertiary/aromatic N) is 4. The van der Waals surface area contributed by atoms with Crippen molar-refractivity contribution in [1.29, 1.82) is 0 Å². The Morgan fingerprint density at radius 2 is 1.88 bits per heavy atom. The molecule has 3 aliphatic heterocycles. The highest BCUT2D eigenvalue weighted by Gasteiger charge is 2.49. The number of aliphatic imine (C=N–C) groups is 2. The van der Waals surface area contributed by atoms with Gasteiger partial charge in [0.15, 0.2) is 23.0 Å². The maximum atomic E-state index is 14.5. The zero-order valence-corrected chi connectivity index (χ0v) is 17.2. The maximum Gasteiger partial charge on any atom is 0.231 e. The third-order valence-electron chi connectivity index (χ3n) is 6.08. The number of guanidine groups is 1. The molecule has 0 spiro atoms. The largest absolute Gasteiger partial charge is 0.454 e. The molecule has 2 N–H and O–H groups in total. The van der Waals surface area contributed by atoms with E-state index in [2.05, 4.69) is 4.98 Å². The SMILES string of the molecule is NC1=NC(c2cccc(-c3cccnc3F)c2)(c2ccc3c(c2)OCO3)C2=NCCCN12. The summed E-state index contributed by atoms with van der Waals surface area (Å²) < 4.78 is 25.6. The molecule has 0 saturated carbocycles. The lowest BCUT2D eigenvalue weighted by molar-refractivity contribution is 0.174. The van der Waals surface area contributed by atoms with Crippen LogP contribution in [0.25, 0.3) is 11.1 Å². The summed E-state index contributed by atoms with van der Waals surface area (Å²) in [6, 6.07) is 16.9. The Labute approximate surface area is 184 Å². The number of halogens is 1. The number of ether oxygens (including phenoxy) is 2. The number of nitrogens with two attached hydrogens (primary N) is 1. The van der Waals surface area contributed by atoms with Gasteiger partial charge in [-0.25, -0.2) is 9.98 Å². The normalized spacial score (nSPS) is 21.2. The van der Waals surface area contributed by atoms with Crippen LogP contribution in [0.15, 0.2) is 70.8 Å². The fraction of sp³-hybridized carbons (Fsp3) is 0.208. The topological polar surface area (TPSA) is 85.3 Å². The predicted octanol–water partition coefficient (Wildman–Crippen LogP) is 3.29. The van der Waals surface area contributed by atoms with Crippen molar-refractivity contribution in [3.05, 3.63) is 77.9 Å². The lowest BCUT2D eigenvalue weighted by Gasteiger charge is -2.33. The standard InChI is InChI=1S/C24H20FN5O2/c25-21-18(6-2-9-27-21)15-4-1-5-16(12-15)24(17-7-8-19-20(13-17)32-14-31-19)22-28-10-3-11-30(22)23(26)29-24/h1-2,4-9,12-13H,3,10-11,14H2,(H2,26,29). The first kappa shape index (κ1) is 18.8. The molecule has 1 unspecified atom stereocenters. The van der Waals surface area contributed by atoms with Crippen LogP contribution >= 0.6 is 0 Å². The van der Waals surface area contributed by atoms with E-state index in [1.54, 1.807) is 12.1 Å². The summed E-state index contributed by atoms with van der Waals surface area (Å²) in [6.45, 7) is 1.62. The van der Waals surface area contributed by atoms with Crippen LogP contribution in [-0.2, 0) is 5.54 Å². The van der Waals surface area contributed by atoms with Crippen LogP contribution in [0.3, 0.4) is 0 Å². The second-order valence-corrected chi connectivity index (χ2v) is 7.88. The molecule has 1 atom stereocenters. The molecule has 1 aromatic heterocycles. The van der Waals surface area contributed by atoms with Gasteiger partial charge in [0.25, 0.3) is 0 Å². The summed E-state index contributed by atoms with van der Waals surface area (Å²) in [7, 11) is 0. The Kier molecular flexibility index (Phi) is 4.14. The number of fused-ring (bicyclic) bond motifs is 2. The number of aromatic nitrogens is 1. The Hall–Kier alpha value is -3.94. The zero-order chi connectivity index (χ0) is 21.7. The number of amidine groups is 1. The molecule has 3 aliphatic rings. The molecule has 7 nitrogen and oxygen atoms in total. The smallest absolute Gasteiger partial charge is 0.231 e. The highest BCUT2D eigenvalue weighted by Crippen LogP contribution is 2.45. The second kappa shape index (κ2) is 7.05. The second-order valence-electron chi connectivity index (χ2n) is 7.88. The van der Waals surface area contributed by atoms with Gasteiger partial charge in [-0.3, -0.25) is 9.89 Å². The summed E-state index contributed by atoms with van der Waals surface area (Å²) in [5.41, 5.74) is 8.25. The van der Waals surface area contributed by atoms with Gasteiger partial charge >= 0.3 is 0 Å². The molecule has 0 amide bonds. The predicted molar refractivity (Wildman–Crippen MR) is 118 cm³/mol. The van der Waals surface area contributed by atoms with Crippen LogP contribution in [0.4, 0.5) is 4.39 Å². The summed E-state index contributed by atoms with van der Waals surface area (Å²) in [4.78, 5) is 15.6. The number of rotatable bonds is 3. The van der Waals surface area contributed by atoms with E-state index in [0.717, 1.165) is 29.9 Å². The summed E-state index contributed by atoms with van der Waals surface area (Å²) in [5.74, 6) is 2.00. The highest BCUT2D eigenvalue weighted by molar-refractivity contribution is 6.12. The van der Waals surface area contributed by atoms with Crippen molar-refractivity contribution in [3.8, 4) is 22.6 Å². The third kappa shape index (κ3) is 2.69. The lowest BCUT2D eigenvalue weighted by atomic mass is 9.80. The number of hydrogen-bond donors (Lipinski definition) is 1. The van der Waals surface area contributed by atoms with Crippen LogP contribution in [-0.4, -0.2) is 41.6 Å². The number of hydrogen-bond acceptors (Lipinski definition) is 7. The summed E-state index contributed by atoms with van der Waals surface area (Å²) >= 11 is 0. The van der Waals surface area contributed by atoms with Crippen LogP contribution in [0, 0.1) is 5.95 Å². The summed E-state index contributed by atoms with van der Waals surface area (Å²) in [5, 5.41) is 0. The van der Waals surface area contributed by atoms with Gasteiger partial charge in [0.1, 0.15) is 5.84 Å². The molecule has 32 heavy (non-hydrogen) atoms. The third-order valence-corrected chi connectivity index (χ3v) is 6.08. The van der Waals surface area contributed by atoms with Crippen molar-refractivity contribution in [1.82, 2.24) is 9.88 Å². The molecular weight excluding hydrogens is 409 g/mol.